The van der Waals surface area contributed by atoms with E-state index < -0.39 is 0 Å². The second-order valence-electron chi connectivity index (χ2n) is 7.06. The van der Waals surface area contributed by atoms with E-state index in [1.165, 1.54) is 0 Å². The standard InChI is InChI=1S/C24H31N5O2.HI/c1-4-30-13-14-31-23-15-19(2)9-10-21(23)18-27-24(25-3)26-17-20-7-5-8-22(16-20)29-12-6-11-28-29;/h5-12,15-16H,4,13-14,17-18H2,1-3H3,(H2,25,26,27);1H. The lowest BCUT2D eigenvalue weighted by Crippen LogP contribution is -2.36. The minimum Gasteiger partial charge on any atom is -0.491 e. The van der Waals surface area contributed by atoms with Gasteiger partial charge in [-0.1, -0.05) is 24.3 Å². The first-order chi connectivity index (χ1) is 15.2. The van der Waals surface area contributed by atoms with Crippen molar-refractivity contribution < 1.29 is 9.47 Å². The largest absolute Gasteiger partial charge is 0.491 e. The molecule has 0 fully saturated rings. The molecule has 0 aliphatic carbocycles. The van der Waals surface area contributed by atoms with E-state index >= 15 is 0 Å². The quantitative estimate of drug-likeness (QED) is 0.173. The maximum atomic E-state index is 5.93. The normalized spacial score (nSPS) is 11.0. The molecule has 8 heteroatoms. The van der Waals surface area contributed by atoms with Crippen LogP contribution in [0.5, 0.6) is 5.75 Å². The Bertz CT molecular complexity index is 976. The fraction of sp³-hybridized carbons (Fsp3) is 0.333. The Morgan fingerprint density at radius 2 is 1.91 bits per heavy atom. The van der Waals surface area contributed by atoms with Crippen LogP contribution in [0.2, 0.25) is 0 Å². The van der Waals surface area contributed by atoms with Crippen molar-refractivity contribution in [3.63, 3.8) is 0 Å². The number of aryl methyl sites for hydroxylation is 1. The van der Waals surface area contributed by atoms with E-state index in [0.717, 1.165) is 34.1 Å². The highest BCUT2D eigenvalue weighted by atomic mass is 127. The van der Waals surface area contributed by atoms with Crippen LogP contribution in [-0.2, 0) is 17.8 Å². The number of hydrogen-bond acceptors (Lipinski definition) is 4. The lowest BCUT2D eigenvalue weighted by molar-refractivity contribution is 0.110. The van der Waals surface area contributed by atoms with Gasteiger partial charge in [0.15, 0.2) is 5.96 Å². The summed E-state index contributed by atoms with van der Waals surface area (Å²) < 4.78 is 13.2. The first-order valence-corrected chi connectivity index (χ1v) is 10.5. The minimum absolute atomic E-state index is 0. The Morgan fingerprint density at radius 1 is 1.06 bits per heavy atom. The van der Waals surface area contributed by atoms with Crippen molar-refractivity contribution >= 4 is 29.9 Å². The van der Waals surface area contributed by atoms with Gasteiger partial charge in [0.1, 0.15) is 12.4 Å². The van der Waals surface area contributed by atoms with Crippen LogP contribution in [0.25, 0.3) is 5.69 Å². The van der Waals surface area contributed by atoms with Crippen LogP contribution in [0.15, 0.2) is 65.9 Å². The Balaban J connectivity index is 0.00000363. The van der Waals surface area contributed by atoms with Crippen LogP contribution in [0, 0.1) is 6.92 Å². The third kappa shape index (κ3) is 7.83. The molecule has 3 aromatic rings. The Morgan fingerprint density at radius 3 is 2.66 bits per heavy atom. The summed E-state index contributed by atoms with van der Waals surface area (Å²) in [4.78, 5) is 4.34. The highest BCUT2D eigenvalue weighted by Gasteiger charge is 2.07. The Hall–Kier alpha value is -2.59. The van der Waals surface area contributed by atoms with Gasteiger partial charge in [0.05, 0.1) is 12.3 Å². The molecule has 7 nitrogen and oxygen atoms in total. The topological polar surface area (TPSA) is 72.7 Å². The summed E-state index contributed by atoms with van der Waals surface area (Å²) in [5.41, 5.74) is 4.41. The van der Waals surface area contributed by atoms with Crippen LogP contribution in [-0.4, -0.2) is 42.6 Å². The van der Waals surface area contributed by atoms with E-state index in [2.05, 4.69) is 58.0 Å². The SMILES string of the molecule is CCOCCOc1cc(C)ccc1CNC(=NC)NCc1cccc(-n2cccn2)c1.I. The number of aliphatic imine (C=N–C) groups is 1. The van der Waals surface area contributed by atoms with Crippen LogP contribution < -0.4 is 15.4 Å². The molecule has 0 spiro atoms. The van der Waals surface area contributed by atoms with E-state index in [0.29, 0.717) is 32.9 Å². The van der Waals surface area contributed by atoms with Crippen LogP contribution in [0.1, 0.15) is 23.6 Å². The summed E-state index contributed by atoms with van der Waals surface area (Å²) in [6.07, 6.45) is 3.71. The summed E-state index contributed by atoms with van der Waals surface area (Å²) in [5.74, 6) is 1.60. The van der Waals surface area contributed by atoms with Crippen LogP contribution >= 0.6 is 24.0 Å². The average Bonchev–Trinajstić information content (AvgIpc) is 3.33. The minimum atomic E-state index is 0. The number of benzene rings is 2. The van der Waals surface area contributed by atoms with Crippen molar-refractivity contribution in [2.45, 2.75) is 26.9 Å². The van der Waals surface area contributed by atoms with Crippen molar-refractivity contribution in [3.05, 3.63) is 77.6 Å². The molecule has 32 heavy (non-hydrogen) atoms. The molecule has 0 bridgehead atoms. The molecular weight excluding hydrogens is 517 g/mol. The number of rotatable bonds is 10. The van der Waals surface area contributed by atoms with Crippen LogP contribution in [0.4, 0.5) is 0 Å². The zero-order valence-corrected chi connectivity index (χ0v) is 21.2. The van der Waals surface area contributed by atoms with E-state index in [4.69, 9.17) is 9.47 Å². The van der Waals surface area contributed by atoms with Gasteiger partial charge in [0.2, 0.25) is 0 Å². The van der Waals surface area contributed by atoms with E-state index in [9.17, 15) is 0 Å². The number of halogens is 1. The number of hydrogen-bond donors (Lipinski definition) is 2. The number of nitrogens with one attached hydrogen (secondary N) is 2. The molecule has 0 aliphatic heterocycles. The summed E-state index contributed by atoms with van der Waals surface area (Å²) in [7, 11) is 1.77. The van der Waals surface area contributed by atoms with Crippen molar-refractivity contribution in [2.75, 3.05) is 26.9 Å². The predicted octanol–water partition coefficient (Wildman–Crippen LogP) is 4.08. The van der Waals surface area contributed by atoms with Gasteiger partial charge in [-0.3, -0.25) is 4.99 Å². The summed E-state index contributed by atoms with van der Waals surface area (Å²) in [6.45, 7) is 7.11. The van der Waals surface area contributed by atoms with Gasteiger partial charge in [0, 0.05) is 44.7 Å². The summed E-state index contributed by atoms with van der Waals surface area (Å²) in [5, 5.41) is 11.0. The molecule has 2 N–H and O–H groups in total. The molecular formula is C24H32IN5O2. The van der Waals surface area contributed by atoms with E-state index in [-0.39, 0.29) is 24.0 Å². The van der Waals surface area contributed by atoms with Gasteiger partial charge in [-0.25, -0.2) is 4.68 Å². The van der Waals surface area contributed by atoms with E-state index in [1.807, 2.05) is 36.0 Å². The third-order valence-electron chi connectivity index (χ3n) is 4.72. The second kappa shape index (κ2) is 13.7. The molecule has 1 aromatic heterocycles. The number of aromatic nitrogens is 2. The third-order valence-corrected chi connectivity index (χ3v) is 4.72. The van der Waals surface area contributed by atoms with Crippen molar-refractivity contribution in [1.29, 1.82) is 0 Å². The monoisotopic (exact) mass is 549 g/mol. The highest BCUT2D eigenvalue weighted by molar-refractivity contribution is 14.0. The second-order valence-corrected chi connectivity index (χ2v) is 7.06. The molecule has 3 rings (SSSR count). The van der Waals surface area contributed by atoms with Crippen molar-refractivity contribution in [1.82, 2.24) is 20.4 Å². The maximum absolute atomic E-state index is 5.93. The Labute approximate surface area is 207 Å². The number of guanidine groups is 1. The number of nitrogens with zero attached hydrogens (tertiary/aromatic N) is 3. The van der Waals surface area contributed by atoms with Gasteiger partial charge in [-0.05, 0) is 49.2 Å². The lowest BCUT2D eigenvalue weighted by Gasteiger charge is -2.16. The average molecular weight is 549 g/mol. The first kappa shape index (κ1) is 25.7. The molecule has 0 aliphatic rings. The zero-order valence-electron chi connectivity index (χ0n) is 18.9. The molecule has 0 saturated heterocycles. The van der Waals surface area contributed by atoms with E-state index in [1.54, 1.807) is 13.2 Å². The number of ether oxygens (including phenoxy) is 2. The molecule has 1 heterocycles. The van der Waals surface area contributed by atoms with Gasteiger partial charge in [-0.15, -0.1) is 24.0 Å². The fourth-order valence-corrected chi connectivity index (χ4v) is 3.11. The van der Waals surface area contributed by atoms with Gasteiger partial charge in [0.25, 0.3) is 0 Å². The molecule has 0 saturated carbocycles. The van der Waals surface area contributed by atoms with Crippen molar-refractivity contribution in [3.8, 4) is 11.4 Å². The van der Waals surface area contributed by atoms with Gasteiger partial charge in [-0.2, -0.15) is 5.10 Å². The lowest BCUT2D eigenvalue weighted by atomic mass is 10.1. The molecule has 0 atom stereocenters. The maximum Gasteiger partial charge on any atom is 0.191 e. The summed E-state index contributed by atoms with van der Waals surface area (Å²) >= 11 is 0. The molecule has 172 valence electrons. The molecule has 0 unspecified atom stereocenters. The summed E-state index contributed by atoms with van der Waals surface area (Å²) in [6, 6.07) is 16.4. The Kier molecular flexibility index (Phi) is 11.0. The molecule has 0 radical (unpaired) electrons. The smallest absolute Gasteiger partial charge is 0.191 e. The highest BCUT2D eigenvalue weighted by Crippen LogP contribution is 2.20. The van der Waals surface area contributed by atoms with Gasteiger partial charge >= 0.3 is 0 Å². The van der Waals surface area contributed by atoms with Crippen molar-refractivity contribution in [2.24, 2.45) is 4.99 Å². The first-order valence-electron chi connectivity index (χ1n) is 10.5. The van der Waals surface area contributed by atoms with Crippen LogP contribution in [0.3, 0.4) is 0 Å². The predicted molar refractivity (Wildman–Crippen MR) is 139 cm³/mol. The van der Waals surface area contributed by atoms with Gasteiger partial charge < -0.3 is 20.1 Å². The molecule has 0 amide bonds. The zero-order chi connectivity index (χ0) is 21.9. The molecule has 2 aromatic carbocycles. The fourth-order valence-electron chi connectivity index (χ4n) is 3.11.